The van der Waals surface area contributed by atoms with Crippen LogP contribution < -0.4 is 5.32 Å². The Balaban J connectivity index is 2.32. The Morgan fingerprint density at radius 3 is 2.76 bits per heavy atom. The summed E-state index contributed by atoms with van der Waals surface area (Å²) < 4.78 is 0. The minimum absolute atomic E-state index is 0.0206. The van der Waals surface area contributed by atoms with Gasteiger partial charge in [-0.15, -0.1) is 6.58 Å². The van der Waals surface area contributed by atoms with Crippen LogP contribution in [0.25, 0.3) is 0 Å². The SMILES string of the molecule is C=C[C@@H](CCC)NC(=O)SCc1ccccc1. The first-order valence-electron chi connectivity index (χ1n) is 5.86. The van der Waals surface area contributed by atoms with E-state index in [4.69, 9.17) is 0 Å². The van der Waals surface area contributed by atoms with E-state index >= 15 is 0 Å². The van der Waals surface area contributed by atoms with Gasteiger partial charge >= 0.3 is 0 Å². The Bertz CT molecular complexity index is 350. The largest absolute Gasteiger partial charge is 0.341 e. The first kappa shape index (κ1) is 13.8. The van der Waals surface area contributed by atoms with Gasteiger partial charge in [-0.3, -0.25) is 4.79 Å². The van der Waals surface area contributed by atoms with Crippen LogP contribution in [0, 0.1) is 0 Å². The molecule has 1 amide bonds. The molecule has 0 aliphatic heterocycles. The Morgan fingerprint density at radius 1 is 1.47 bits per heavy atom. The van der Waals surface area contributed by atoms with Crippen LogP contribution in [-0.4, -0.2) is 11.3 Å². The van der Waals surface area contributed by atoms with Crippen molar-refractivity contribution in [3.63, 3.8) is 0 Å². The Kier molecular flexibility index (Phi) is 6.48. The maximum atomic E-state index is 11.7. The van der Waals surface area contributed by atoms with Crippen molar-refractivity contribution in [2.24, 2.45) is 0 Å². The molecule has 0 heterocycles. The molecule has 0 saturated heterocycles. The third kappa shape index (κ3) is 5.59. The summed E-state index contributed by atoms with van der Waals surface area (Å²) in [5.74, 6) is 0.711. The van der Waals surface area contributed by atoms with Crippen molar-refractivity contribution in [2.45, 2.75) is 31.6 Å². The highest BCUT2D eigenvalue weighted by molar-refractivity contribution is 8.12. The Hall–Kier alpha value is -1.22. The van der Waals surface area contributed by atoms with E-state index in [-0.39, 0.29) is 11.3 Å². The van der Waals surface area contributed by atoms with E-state index in [1.165, 1.54) is 17.3 Å². The van der Waals surface area contributed by atoms with Gasteiger partial charge in [-0.2, -0.15) is 0 Å². The molecule has 1 rings (SSSR count). The Labute approximate surface area is 107 Å². The van der Waals surface area contributed by atoms with E-state index in [0.29, 0.717) is 5.75 Å². The van der Waals surface area contributed by atoms with Crippen LogP contribution in [0.2, 0.25) is 0 Å². The zero-order chi connectivity index (χ0) is 12.5. The summed E-state index contributed by atoms with van der Waals surface area (Å²) >= 11 is 1.30. The molecule has 0 aromatic heterocycles. The van der Waals surface area contributed by atoms with Crippen LogP contribution in [0.5, 0.6) is 0 Å². The molecule has 0 unspecified atom stereocenters. The molecule has 0 fully saturated rings. The summed E-state index contributed by atoms with van der Waals surface area (Å²) in [6.07, 6.45) is 3.78. The third-order valence-electron chi connectivity index (χ3n) is 2.40. The molecule has 0 spiro atoms. The number of carbonyl (C=O) groups is 1. The van der Waals surface area contributed by atoms with Gasteiger partial charge in [0.1, 0.15) is 0 Å². The van der Waals surface area contributed by atoms with Crippen LogP contribution in [0.4, 0.5) is 4.79 Å². The average Bonchev–Trinajstić information content (AvgIpc) is 2.37. The third-order valence-corrected chi connectivity index (χ3v) is 3.26. The van der Waals surface area contributed by atoms with Gasteiger partial charge in [0.05, 0.1) is 0 Å². The van der Waals surface area contributed by atoms with Crippen LogP contribution in [0.3, 0.4) is 0 Å². The van der Waals surface area contributed by atoms with Gasteiger partial charge < -0.3 is 5.32 Å². The van der Waals surface area contributed by atoms with Crippen molar-refractivity contribution < 1.29 is 4.79 Å². The van der Waals surface area contributed by atoms with Crippen molar-refractivity contribution in [1.82, 2.24) is 5.32 Å². The highest BCUT2D eigenvalue weighted by atomic mass is 32.2. The molecule has 1 atom stereocenters. The normalized spacial score (nSPS) is 11.8. The van der Waals surface area contributed by atoms with E-state index in [1.807, 2.05) is 30.3 Å². The molecule has 1 aromatic rings. The fourth-order valence-corrected chi connectivity index (χ4v) is 2.20. The highest BCUT2D eigenvalue weighted by Gasteiger charge is 2.08. The van der Waals surface area contributed by atoms with Crippen molar-refractivity contribution in [1.29, 1.82) is 0 Å². The first-order valence-corrected chi connectivity index (χ1v) is 6.84. The predicted octanol–water partition coefficient (Wildman–Crippen LogP) is 3.98. The second-order valence-corrected chi connectivity index (χ2v) is 4.79. The van der Waals surface area contributed by atoms with Gasteiger partial charge in [-0.1, -0.05) is 61.5 Å². The molecular formula is C14H19NOS. The number of rotatable bonds is 6. The lowest BCUT2D eigenvalue weighted by Crippen LogP contribution is -2.30. The summed E-state index contributed by atoms with van der Waals surface area (Å²) in [5, 5.41) is 2.96. The van der Waals surface area contributed by atoms with Gasteiger partial charge in [0, 0.05) is 11.8 Å². The molecule has 1 aromatic carbocycles. The van der Waals surface area contributed by atoms with Crippen LogP contribution in [-0.2, 0) is 5.75 Å². The second-order valence-electron chi connectivity index (χ2n) is 3.84. The Morgan fingerprint density at radius 2 is 2.18 bits per heavy atom. The van der Waals surface area contributed by atoms with Crippen molar-refractivity contribution in [3.05, 3.63) is 48.6 Å². The fourth-order valence-electron chi connectivity index (χ4n) is 1.48. The lowest BCUT2D eigenvalue weighted by atomic mass is 10.2. The summed E-state index contributed by atoms with van der Waals surface area (Å²) in [6.45, 7) is 5.82. The van der Waals surface area contributed by atoms with Gasteiger partial charge in [-0.05, 0) is 12.0 Å². The van der Waals surface area contributed by atoms with Crippen LogP contribution >= 0.6 is 11.8 Å². The minimum atomic E-state index is 0.0206. The number of carbonyl (C=O) groups excluding carboxylic acids is 1. The molecule has 0 aliphatic carbocycles. The summed E-state index contributed by atoms with van der Waals surface area (Å²) in [4.78, 5) is 11.7. The van der Waals surface area contributed by atoms with E-state index in [1.54, 1.807) is 6.08 Å². The molecule has 17 heavy (non-hydrogen) atoms. The number of amides is 1. The highest BCUT2D eigenvalue weighted by Crippen LogP contribution is 2.13. The first-order chi connectivity index (χ1) is 8.26. The van der Waals surface area contributed by atoms with Crippen molar-refractivity contribution in [2.75, 3.05) is 0 Å². The maximum Gasteiger partial charge on any atom is 0.279 e. The number of nitrogens with one attached hydrogen (secondary N) is 1. The van der Waals surface area contributed by atoms with Crippen LogP contribution in [0.1, 0.15) is 25.3 Å². The van der Waals surface area contributed by atoms with E-state index < -0.39 is 0 Å². The standard InChI is InChI=1S/C14H19NOS/c1-3-8-13(4-2)15-14(16)17-11-12-9-6-5-7-10-12/h4-7,9-10,13H,2-3,8,11H2,1H3,(H,15,16)/t13-/m0/s1. The van der Waals surface area contributed by atoms with Crippen LogP contribution in [0.15, 0.2) is 43.0 Å². The zero-order valence-electron chi connectivity index (χ0n) is 10.2. The lowest BCUT2D eigenvalue weighted by molar-refractivity contribution is 0.258. The quantitative estimate of drug-likeness (QED) is 0.772. The van der Waals surface area contributed by atoms with Gasteiger partial charge in [0.15, 0.2) is 0 Å². The molecule has 3 heteroatoms. The topological polar surface area (TPSA) is 29.1 Å². The lowest BCUT2D eigenvalue weighted by Gasteiger charge is -2.13. The zero-order valence-corrected chi connectivity index (χ0v) is 11.0. The molecular weight excluding hydrogens is 230 g/mol. The molecule has 0 radical (unpaired) electrons. The van der Waals surface area contributed by atoms with E-state index in [2.05, 4.69) is 18.8 Å². The molecule has 2 nitrogen and oxygen atoms in total. The van der Waals surface area contributed by atoms with Gasteiger partial charge in [-0.25, -0.2) is 0 Å². The van der Waals surface area contributed by atoms with Gasteiger partial charge in [0.25, 0.3) is 5.24 Å². The molecule has 92 valence electrons. The maximum absolute atomic E-state index is 11.7. The summed E-state index contributed by atoms with van der Waals surface area (Å²) in [6, 6.07) is 10.1. The molecule has 0 bridgehead atoms. The molecule has 0 aliphatic rings. The van der Waals surface area contributed by atoms with Crippen molar-refractivity contribution >= 4 is 17.0 Å². The second kappa shape index (κ2) is 7.96. The van der Waals surface area contributed by atoms with Crippen molar-refractivity contribution in [3.8, 4) is 0 Å². The fraction of sp³-hybridized carbons (Fsp3) is 0.357. The predicted molar refractivity (Wildman–Crippen MR) is 75.2 cm³/mol. The molecule has 1 N–H and O–H groups in total. The average molecular weight is 249 g/mol. The number of hydrogen-bond donors (Lipinski definition) is 1. The summed E-state index contributed by atoms with van der Waals surface area (Å²) in [5.41, 5.74) is 1.17. The number of hydrogen-bond acceptors (Lipinski definition) is 2. The smallest absolute Gasteiger partial charge is 0.279 e. The monoisotopic (exact) mass is 249 g/mol. The van der Waals surface area contributed by atoms with Gasteiger partial charge in [0.2, 0.25) is 0 Å². The number of thioether (sulfide) groups is 1. The van der Waals surface area contributed by atoms with E-state index in [9.17, 15) is 4.79 Å². The summed E-state index contributed by atoms with van der Waals surface area (Å²) in [7, 11) is 0. The minimum Gasteiger partial charge on any atom is -0.341 e. The molecule has 0 saturated carbocycles. The van der Waals surface area contributed by atoms with E-state index in [0.717, 1.165) is 12.8 Å². The number of benzene rings is 1.